The van der Waals surface area contributed by atoms with Gasteiger partial charge < -0.3 is 19.3 Å². The molecule has 0 fully saturated rings. The molecule has 6 heteroatoms. The Bertz CT molecular complexity index is 989. The van der Waals surface area contributed by atoms with Gasteiger partial charge in [-0.3, -0.25) is 4.79 Å². The molecule has 4 rings (SSSR count). The summed E-state index contributed by atoms with van der Waals surface area (Å²) in [4.78, 5) is 28.8. The Morgan fingerprint density at radius 2 is 1.31 bits per heavy atom. The average Bonchev–Trinajstić information content (AvgIpc) is 3.11. The summed E-state index contributed by atoms with van der Waals surface area (Å²) in [5.74, 6) is -0.0532. The van der Waals surface area contributed by atoms with Gasteiger partial charge in [0.1, 0.15) is 5.75 Å². The Hall–Kier alpha value is -3.28. The van der Waals surface area contributed by atoms with Crippen molar-refractivity contribution >= 4 is 28.9 Å². The maximum absolute atomic E-state index is 12.8. The summed E-state index contributed by atoms with van der Waals surface area (Å²) in [5.41, 5.74) is 3.29. The number of allylic oxidation sites excluding steroid dienone is 1. The SMILES string of the molecule is CN(C)c1ccc2c(c1)O/C(=C1\OC(=O)c3ccc(N(C)C)cc31)C2=O. The number of rotatable bonds is 2. The number of ether oxygens (including phenoxy) is 2. The fourth-order valence-electron chi connectivity index (χ4n) is 3.04. The molecule has 2 aromatic rings. The fraction of sp³-hybridized carbons (Fsp3) is 0.200. The van der Waals surface area contributed by atoms with E-state index in [4.69, 9.17) is 9.47 Å². The lowest BCUT2D eigenvalue weighted by atomic mass is 10.0. The van der Waals surface area contributed by atoms with Crippen molar-refractivity contribution in [2.75, 3.05) is 38.0 Å². The molecule has 0 aliphatic carbocycles. The van der Waals surface area contributed by atoms with Crippen LogP contribution in [-0.4, -0.2) is 39.9 Å². The summed E-state index contributed by atoms with van der Waals surface area (Å²) in [6.45, 7) is 0. The predicted octanol–water partition coefficient (Wildman–Crippen LogP) is 2.93. The van der Waals surface area contributed by atoms with E-state index in [0.717, 1.165) is 11.4 Å². The number of fused-ring (bicyclic) bond motifs is 2. The van der Waals surface area contributed by atoms with Crippen molar-refractivity contribution in [3.8, 4) is 5.75 Å². The minimum Gasteiger partial charge on any atom is -0.448 e. The first-order valence-electron chi connectivity index (χ1n) is 8.19. The number of esters is 1. The van der Waals surface area contributed by atoms with E-state index in [2.05, 4.69) is 0 Å². The van der Waals surface area contributed by atoms with Crippen LogP contribution in [-0.2, 0) is 4.74 Å². The molecule has 0 N–H and O–H groups in total. The van der Waals surface area contributed by atoms with E-state index in [9.17, 15) is 9.59 Å². The summed E-state index contributed by atoms with van der Waals surface area (Å²) in [6.07, 6.45) is 0. The largest absolute Gasteiger partial charge is 0.448 e. The third-order valence-corrected chi connectivity index (χ3v) is 4.53. The summed E-state index contributed by atoms with van der Waals surface area (Å²) in [5, 5.41) is 0. The Morgan fingerprint density at radius 3 is 1.96 bits per heavy atom. The Balaban J connectivity index is 1.83. The molecule has 2 aliphatic heterocycles. The summed E-state index contributed by atoms with van der Waals surface area (Å²) in [7, 11) is 7.63. The highest BCUT2D eigenvalue weighted by molar-refractivity contribution is 6.18. The van der Waals surface area contributed by atoms with Crippen LogP contribution in [0, 0.1) is 0 Å². The zero-order valence-corrected chi connectivity index (χ0v) is 15.0. The number of carbonyl (C=O) groups excluding carboxylic acids is 2. The highest BCUT2D eigenvalue weighted by Gasteiger charge is 2.38. The Morgan fingerprint density at radius 1 is 0.692 bits per heavy atom. The fourth-order valence-corrected chi connectivity index (χ4v) is 3.04. The van der Waals surface area contributed by atoms with E-state index in [1.807, 2.05) is 56.2 Å². The molecule has 0 aromatic heterocycles. The predicted molar refractivity (Wildman–Crippen MR) is 98.8 cm³/mol. The number of Topliss-reactive ketones (excluding diaryl/α,β-unsaturated/α-hetero) is 1. The zero-order chi connectivity index (χ0) is 18.6. The van der Waals surface area contributed by atoms with Crippen molar-refractivity contribution in [2.45, 2.75) is 0 Å². The maximum Gasteiger partial charge on any atom is 0.344 e. The normalized spacial score (nSPS) is 17.5. The highest BCUT2D eigenvalue weighted by atomic mass is 16.6. The highest BCUT2D eigenvalue weighted by Crippen LogP contribution is 2.41. The molecule has 0 bridgehead atoms. The van der Waals surface area contributed by atoms with E-state index >= 15 is 0 Å². The van der Waals surface area contributed by atoms with Gasteiger partial charge >= 0.3 is 5.97 Å². The van der Waals surface area contributed by atoms with Gasteiger partial charge in [0.15, 0.2) is 5.76 Å². The van der Waals surface area contributed by atoms with Crippen molar-refractivity contribution in [2.24, 2.45) is 0 Å². The van der Waals surface area contributed by atoms with Gasteiger partial charge in [0.05, 0.1) is 11.1 Å². The number of hydrogen-bond acceptors (Lipinski definition) is 6. The first-order chi connectivity index (χ1) is 12.4. The van der Waals surface area contributed by atoms with Crippen LogP contribution in [0.3, 0.4) is 0 Å². The van der Waals surface area contributed by atoms with Crippen LogP contribution in [0.2, 0.25) is 0 Å². The van der Waals surface area contributed by atoms with Gasteiger partial charge in [-0.2, -0.15) is 0 Å². The van der Waals surface area contributed by atoms with E-state index in [1.54, 1.807) is 18.2 Å². The van der Waals surface area contributed by atoms with Crippen LogP contribution in [0.5, 0.6) is 5.75 Å². The van der Waals surface area contributed by atoms with Crippen LogP contribution in [0.4, 0.5) is 11.4 Å². The molecular weight excluding hydrogens is 332 g/mol. The van der Waals surface area contributed by atoms with Gasteiger partial charge in [0, 0.05) is 51.2 Å². The van der Waals surface area contributed by atoms with Gasteiger partial charge in [-0.25, -0.2) is 4.79 Å². The molecule has 0 radical (unpaired) electrons. The minimum atomic E-state index is -0.478. The molecule has 6 nitrogen and oxygen atoms in total. The van der Waals surface area contributed by atoms with E-state index in [1.165, 1.54) is 0 Å². The third kappa shape index (κ3) is 2.34. The molecule has 0 unspecified atom stereocenters. The number of hydrogen-bond donors (Lipinski definition) is 0. The lowest BCUT2D eigenvalue weighted by Crippen LogP contribution is -2.09. The van der Waals surface area contributed by atoms with Crippen molar-refractivity contribution < 1.29 is 19.1 Å². The Kier molecular flexibility index (Phi) is 3.50. The molecule has 0 saturated heterocycles. The monoisotopic (exact) mass is 350 g/mol. The van der Waals surface area contributed by atoms with Crippen LogP contribution >= 0.6 is 0 Å². The van der Waals surface area contributed by atoms with E-state index in [0.29, 0.717) is 22.4 Å². The average molecular weight is 350 g/mol. The number of benzene rings is 2. The molecule has 0 spiro atoms. The Labute approximate surface area is 151 Å². The second-order valence-electron chi connectivity index (χ2n) is 6.68. The molecule has 2 aromatic carbocycles. The standard InChI is InChI=1S/C20H18N2O4/c1-21(2)11-5-7-13-15(9-11)18(26-20(13)24)19-17(23)14-8-6-12(22(3)4)10-16(14)25-19/h5-10H,1-4H3/b19-18-. The van der Waals surface area contributed by atoms with E-state index in [-0.39, 0.29) is 17.3 Å². The quantitative estimate of drug-likeness (QED) is 0.613. The van der Waals surface area contributed by atoms with Gasteiger partial charge in [-0.1, -0.05) is 0 Å². The topological polar surface area (TPSA) is 59.1 Å². The van der Waals surface area contributed by atoms with Crippen molar-refractivity contribution in [3.63, 3.8) is 0 Å². The molecule has 0 saturated carbocycles. The molecular formula is C20H18N2O4. The first-order valence-corrected chi connectivity index (χ1v) is 8.19. The molecule has 26 heavy (non-hydrogen) atoms. The number of cyclic esters (lactones) is 1. The molecule has 0 atom stereocenters. The van der Waals surface area contributed by atoms with Crippen molar-refractivity contribution in [1.82, 2.24) is 0 Å². The second-order valence-corrected chi connectivity index (χ2v) is 6.68. The molecule has 132 valence electrons. The van der Waals surface area contributed by atoms with Crippen LogP contribution in [0.15, 0.2) is 42.2 Å². The van der Waals surface area contributed by atoms with Gasteiger partial charge in [-0.05, 0) is 30.3 Å². The minimum absolute atomic E-state index is 0.0545. The molecule has 0 amide bonds. The second kappa shape index (κ2) is 5.62. The van der Waals surface area contributed by atoms with Gasteiger partial charge in [0.25, 0.3) is 0 Å². The number of anilines is 2. The van der Waals surface area contributed by atoms with Crippen molar-refractivity contribution in [3.05, 3.63) is 58.8 Å². The number of nitrogens with zero attached hydrogens (tertiary/aromatic N) is 2. The zero-order valence-electron chi connectivity index (χ0n) is 15.0. The van der Waals surface area contributed by atoms with Crippen LogP contribution in [0.25, 0.3) is 5.76 Å². The number of carbonyl (C=O) groups is 2. The summed E-state index contributed by atoms with van der Waals surface area (Å²) < 4.78 is 11.2. The van der Waals surface area contributed by atoms with E-state index < -0.39 is 5.97 Å². The lowest BCUT2D eigenvalue weighted by Gasteiger charge is -2.13. The number of ketones is 1. The summed E-state index contributed by atoms with van der Waals surface area (Å²) >= 11 is 0. The molecule has 2 aliphatic rings. The van der Waals surface area contributed by atoms with Crippen molar-refractivity contribution in [1.29, 1.82) is 0 Å². The maximum atomic E-state index is 12.8. The summed E-state index contributed by atoms with van der Waals surface area (Å²) in [6, 6.07) is 10.8. The van der Waals surface area contributed by atoms with Crippen LogP contribution in [0.1, 0.15) is 26.3 Å². The smallest absolute Gasteiger partial charge is 0.344 e. The lowest BCUT2D eigenvalue weighted by molar-refractivity contribution is 0.0710. The van der Waals surface area contributed by atoms with Gasteiger partial charge in [0.2, 0.25) is 11.5 Å². The first kappa shape index (κ1) is 16.2. The van der Waals surface area contributed by atoms with Crippen LogP contribution < -0.4 is 14.5 Å². The van der Waals surface area contributed by atoms with Gasteiger partial charge in [-0.15, -0.1) is 0 Å². The molecule has 2 heterocycles. The third-order valence-electron chi connectivity index (χ3n) is 4.53.